The minimum atomic E-state index is -0.580. The molecule has 1 aromatic heterocycles. The number of anilines is 1. The Balaban J connectivity index is 1.05. The molecule has 3 N–H and O–H groups in total. The normalized spacial score (nSPS) is 31.5. The Kier molecular flexibility index (Phi) is 7.97. The molecule has 4 bridgehead atoms. The van der Waals surface area contributed by atoms with Crippen molar-refractivity contribution < 1.29 is 19.4 Å². The van der Waals surface area contributed by atoms with Crippen LogP contribution < -0.4 is 10.6 Å². The number of urea groups is 1. The molecule has 0 unspecified atom stereocenters. The second-order valence-electron chi connectivity index (χ2n) is 12.7. The number of aliphatic hydroxyl groups excluding tert-OH is 1. The van der Waals surface area contributed by atoms with Crippen molar-refractivity contribution in [3.05, 3.63) is 89.6 Å². The van der Waals surface area contributed by atoms with Gasteiger partial charge in [0.25, 0.3) is 0 Å². The third-order valence-electron chi connectivity index (χ3n) is 9.50. The zero-order chi connectivity index (χ0) is 28.5. The van der Waals surface area contributed by atoms with Crippen LogP contribution in [-0.2, 0) is 16.1 Å². The van der Waals surface area contributed by atoms with E-state index in [2.05, 4.69) is 15.6 Å². The van der Waals surface area contributed by atoms with E-state index < -0.39 is 6.29 Å². The molecular weight excluding hydrogens is 546 g/mol. The number of rotatable bonds is 8. The van der Waals surface area contributed by atoms with Crippen molar-refractivity contribution in [2.45, 2.75) is 80.6 Å². The van der Waals surface area contributed by atoms with Crippen LogP contribution >= 0.6 is 11.8 Å². The number of hydrogen-bond acceptors (Lipinski definition) is 6. The molecule has 0 radical (unpaired) electrons. The average Bonchev–Trinajstić information content (AvgIpc) is 2.99. The summed E-state index contributed by atoms with van der Waals surface area (Å²) >= 11 is 1.68. The van der Waals surface area contributed by atoms with Gasteiger partial charge in [-0.3, -0.25) is 0 Å². The van der Waals surface area contributed by atoms with Crippen LogP contribution in [0.4, 0.5) is 10.5 Å². The predicted molar refractivity (Wildman–Crippen MR) is 163 cm³/mol. The summed E-state index contributed by atoms with van der Waals surface area (Å²) in [4.78, 5) is 17.7. The lowest BCUT2D eigenvalue weighted by atomic mass is 9.53. The molecule has 3 aromatic rings. The SMILES string of the molecule is O=C(Nc1cccc([C@H]2O[C@@H](CSc3ccccn3)C[C@@H](c3ccc(CO)cc3)O2)c1)NC12CC3CC(CC(C3)C1)C2. The van der Waals surface area contributed by atoms with Gasteiger partial charge in [-0.2, -0.15) is 0 Å². The monoisotopic (exact) mass is 585 g/mol. The van der Waals surface area contributed by atoms with Crippen LogP contribution in [0, 0.1) is 17.8 Å². The first-order valence-electron chi connectivity index (χ1n) is 15.3. The third kappa shape index (κ3) is 6.23. The molecule has 2 heterocycles. The minimum absolute atomic E-state index is 0.0110. The highest BCUT2D eigenvalue weighted by atomic mass is 32.2. The molecule has 220 valence electrons. The lowest BCUT2D eigenvalue weighted by Gasteiger charge is -2.56. The maximum absolute atomic E-state index is 13.2. The molecule has 4 saturated carbocycles. The number of thioether (sulfide) groups is 1. The van der Waals surface area contributed by atoms with Gasteiger partial charge in [0.05, 0.1) is 23.8 Å². The highest BCUT2D eigenvalue weighted by Crippen LogP contribution is 2.55. The minimum Gasteiger partial charge on any atom is -0.392 e. The Hall–Kier alpha value is -2.91. The number of nitrogens with one attached hydrogen (secondary N) is 2. The summed E-state index contributed by atoms with van der Waals surface area (Å²) in [6.45, 7) is 0.0110. The molecule has 8 rings (SSSR count). The molecule has 0 spiro atoms. The number of pyridine rings is 1. The Morgan fingerprint density at radius 3 is 2.36 bits per heavy atom. The van der Waals surface area contributed by atoms with E-state index >= 15 is 0 Å². The van der Waals surface area contributed by atoms with Gasteiger partial charge in [-0.15, -0.1) is 11.8 Å². The highest BCUT2D eigenvalue weighted by molar-refractivity contribution is 7.99. The molecule has 3 atom stereocenters. The van der Waals surface area contributed by atoms with Crippen LogP contribution in [0.15, 0.2) is 78.0 Å². The lowest BCUT2D eigenvalue weighted by molar-refractivity contribution is -0.245. The predicted octanol–water partition coefficient (Wildman–Crippen LogP) is 7.00. The standard InChI is InChI=1S/C34H39N3O4S/c38-20-22-7-9-26(10-8-22)30-16-29(21-42-31-6-1-2-11-35-31)40-32(41-30)27-4-3-5-28(15-27)36-33(39)37-34-17-23-12-24(18-34)14-25(13-23)19-34/h1-11,15,23-25,29-30,32,38H,12-14,16-21H2,(H2,36,37,39)/t23?,24?,25?,29-,30+,32+,34?/m1/s1. The quantitative estimate of drug-likeness (QED) is 0.247. The zero-order valence-corrected chi connectivity index (χ0v) is 24.6. The van der Waals surface area contributed by atoms with Gasteiger partial charge in [-0.1, -0.05) is 42.5 Å². The molecule has 1 saturated heterocycles. The number of carbonyl (C=O) groups is 1. The van der Waals surface area contributed by atoms with Gasteiger partial charge in [0.15, 0.2) is 6.29 Å². The van der Waals surface area contributed by atoms with Crippen molar-refractivity contribution >= 4 is 23.5 Å². The number of aliphatic hydroxyl groups is 1. The number of amides is 2. The second-order valence-corrected chi connectivity index (χ2v) is 13.8. The first-order valence-corrected chi connectivity index (χ1v) is 16.2. The van der Waals surface area contributed by atoms with Gasteiger partial charge in [0, 0.05) is 35.2 Å². The van der Waals surface area contributed by atoms with E-state index in [1.807, 2.05) is 66.7 Å². The number of nitrogens with zero attached hydrogens (tertiary/aromatic N) is 1. The fourth-order valence-corrected chi connectivity index (χ4v) is 8.94. The molecule has 5 fully saturated rings. The summed E-state index contributed by atoms with van der Waals surface area (Å²) < 4.78 is 13.0. The van der Waals surface area contributed by atoms with Crippen LogP contribution in [0.2, 0.25) is 0 Å². The first-order chi connectivity index (χ1) is 20.5. The van der Waals surface area contributed by atoms with Crippen molar-refractivity contribution in [2.75, 3.05) is 11.1 Å². The smallest absolute Gasteiger partial charge is 0.319 e. The van der Waals surface area contributed by atoms with E-state index in [1.165, 1.54) is 19.3 Å². The van der Waals surface area contributed by atoms with Gasteiger partial charge in [-0.05, 0) is 91.7 Å². The van der Waals surface area contributed by atoms with E-state index in [0.717, 1.165) is 70.2 Å². The van der Waals surface area contributed by atoms with Gasteiger partial charge >= 0.3 is 6.03 Å². The Labute approximate surface area is 251 Å². The van der Waals surface area contributed by atoms with Crippen LogP contribution in [0.3, 0.4) is 0 Å². The molecule has 1 aliphatic heterocycles. The molecule has 42 heavy (non-hydrogen) atoms. The molecule has 4 aliphatic carbocycles. The summed E-state index contributed by atoms with van der Waals surface area (Å²) in [5.41, 5.74) is 3.49. The summed E-state index contributed by atoms with van der Waals surface area (Å²) in [5, 5.41) is 17.0. The van der Waals surface area contributed by atoms with Crippen LogP contribution in [0.5, 0.6) is 0 Å². The molecule has 2 aromatic carbocycles. The average molecular weight is 586 g/mol. The molecule has 8 heteroatoms. The van der Waals surface area contributed by atoms with Crippen molar-refractivity contribution in [3.63, 3.8) is 0 Å². The molecule has 5 aliphatic rings. The highest BCUT2D eigenvalue weighted by Gasteiger charge is 2.51. The maximum Gasteiger partial charge on any atom is 0.319 e. The topological polar surface area (TPSA) is 92.7 Å². The zero-order valence-electron chi connectivity index (χ0n) is 23.8. The Bertz CT molecular complexity index is 1350. The fraction of sp³-hybridized carbons (Fsp3) is 0.471. The fourth-order valence-electron chi connectivity index (χ4n) is 8.06. The second kappa shape index (κ2) is 12.0. The van der Waals surface area contributed by atoms with Crippen molar-refractivity contribution in [1.82, 2.24) is 10.3 Å². The number of benzene rings is 2. The van der Waals surface area contributed by atoms with Crippen molar-refractivity contribution in [1.29, 1.82) is 0 Å². The van der Waals surface area contributed by atoms with Crippen molar-refractivity contribution in [3.8, 4) is 0 Å². The third-order valence-corrected chi connectivity index (χ3v) is 10.6. The van der Waals surface area contributed by atoms with E-state index in [4.69, 9.17) is 9.47 Å². The number of carbonyl (C=O) groups excluding carboxylic acids is 1. The van der Waals surface area contributed by atoms with Gasteiger partial charge in [-0.25, -0.2) is 9.78 Å². The number of ether oxygens (including phenoxy) is 2. The summed E-state index contributed by atoms with van der Waals surface area (Å²) in [6, 6.07) is 21.5. The van der Waals surface area contributed by atoms with E-state index in [-0.39, 0.29) is 30.4 Å². The van der Waals surface area contributed by atoms with E-state index in [9.17, 15) is 9.90 Å². The maximum atomic E-state index is 13.2. The van der Waals surface area contributed by atoms with E-state index in [1.54, 1.807) is 18.0 Å². The summed E-state index contributed by atoms with van der Waals surface area (Å²) in [5.74, 6) is 3.07. The van der Waals surface area contributed by atoms with Crippen LogP contribution in [-0.4, -0.2) is 33.5 Å². The first kappa shape index (κ1) is 27.9. The molecule has 2 amide bonds. The Morgan fingerprint density at radius 1 is 0.905 bits per heavy atom. The Morgan fingerprint density at radius 2 is 1.67 bits per heavy atom. The van der Waals surface area contributed by atoms with Gasteiger partial charge in [0.2, 0.25) is 0 Å². The van der Waals surface area contributed by atoms with Crippen molar-refractivity contribution in [2.24, 2.45) is 17.8 Å². The lowest BCUT2D eigenvalue weighted by Crippen LogP contribution is -2.60. The summed E-state index contributed by atoms with van der Waals surface area (Å²) in [6.07, 6.45) is 9.11. The number of hydrogen-bond donors (Lipinski definition) is 3. The van der Waals surface area contributed by atoms with Crippen LogP contribution in [0.1, 0.15) is 74.0 Å². The van der Waals surface area contributed by atoms with E-state index in [0.29, 0.717) is 6.42 Å². The van der Waals surface area contributed by atoms with Gasteiger partial charge < -0.3 is 25.2 Å². The van der Waals surface area contributed by atoms with Crippen LogP contribution in [0.25, 0.3) is 0 Å². The largest absolute Gasteiger partial charge is 0.392 e. The molecule has 7 nitrogen and oxygen atoms in total. The number of aromatic nitrogens is 1. The van der Waals surface area contributed by atoms with Gasteiger partial charge in [0.1, 0.15) is 0 Å². The molecular formula is C34H39N3O4S. The summed E-state index contributed by atoms with van der Waals surface area (Å²) in [7, 11) is 0.